The Hall–Kier alpha value is 1.26. The Morgan fingerprint density at radius 1 is 1.18 bits per heavy atom. The van der Waals surface area contributed by atoms with Gasteiger partial charge in [0.25, 0.3) is 0 Å². The third-order valence-electron chi connectivity index (χ3n) is 0.302. The first-order chi connectivity index (χ1) is 4.00. The second kappa shape index (κ2) is 17.4. The second-order valence-electron chi connectivity index (χ2n) is 1.03. The van der Waals surface area contributed by atoms with Crippen LogP contribution in [-0.4, -0.2) is 103 Å². The Morgan fingerprint density at radius 3 is 1.27 bits per heavy atom. The van der Waals surface area contributed by atoms with E-state index in [0.717, 1.165) is 0 Å². The topological polar surface area (TPSA) is 94.8 Å². The number of hydrogen-bond donors (Lipinski definition) is 3. The van der Waals surface area contributed by atoms with Crippen molar-refractivity contribution >= 4 is 87.6 Å². The van der Waals surface area contributed by atoms with Crippen LogP contribution in [0.5, 0.6) is 0 Å². The fourth-order valence-corrected chi connectivity index (χ4v) is 0. The number of aliphatic carboxylic acids is 1. The number of carboxylic acids is 1. The molecular weight excluding hydrogens is 208 g/mol. The van der Waals surface area contributed by atoms with Crippen molar-refractivity contribution in [1.82, 2.24) is 0 Å². The zero-order valence-corrected chi connectivity index (χ0v) is 10.7. The smallest absolute Gasteiger partial charge is 1.00 e. The van der Waals surface area contributed by atoms with Gasteiger partial charge in [0.1, 0.15) is 0 Å². The van der Waals surface area contributed by atoms with Crippen molar-refractivity contribution in [3.63, 3.8) is 0 Å². The summed E-state index contributed by atoms with van der Waals surface area (Å²) in [4.78, 5) is 17.9. The van der Waals surface area contributed by atoms with Gasteiger partial charge in [-0.3, -0.25) is 4.79 Å². The first-order valence-electron chi connectivity index (χ1n) is 2.14. The van der Waals surface area contributed by atoms with E-state index in [1.54, 1.807) is 6.92 Å². The predicted octanol–water partition coefficient (Wildman–Crippen LogP) is 0.392. The van der Waals surface area contributed by atoms with Crippen LogP contribution in [0, 0.1) is 0 Å². The van der Waals surface area contributed by atoms with E-state index in [0.29, 0.717) is 0 Å². The molecule has 0 aliphatic heterocycles. The van der Waals surface area contributed by atoms with Crippen LogP contribution in [0.2, 0.25) is 0 Å². The minimum atomic E-state index is -1.83. The fourth-order valence-electron chi connectivity index (χ4n) is 0. The molecule has 0 saturated heterocycles. The number of carboxylic acid groups (broad SMARTS) is 3. The van der Waals surface area contributed by atoms with E-state index < -0.39 is 12.1 Å². The molecule has 0 radical (unpaired) electrons. The molecule has 3 N–H and O–H groups in total. The first-order valence-corrected chi connectivity index (χ1v) is 2.14. The van der Waals surface area contributed by atoms with Gasteiger partial charge in [-0.15, -0.1) is 0 Å². The van der Waals surface area contributed by atoms with Crippen LogP contribution in [0.15, 0.2) is 0 Å². The normalized spacial score (nSPS) is 5.55. The van der Waals surface area contributed by atoms with Crippen LogP contribution in [0.4, 0.5) is 4.79 Å². The maximum absolute atomic E-state index is 9.37. The standard InChI is InChI=1S/C3H6O2.CH2O3.2Ca.4H/c1-2-3(4)5;2-1(3)4;;;;;;/h2H2,1H3,(H,4,5);(H2,2,3,4);;;;;;/q;;2*+2;4*-1. The molecular formula is C4H12Ca2O5. The van der Waals surface area contributed by atoms with Gasteiger partial charge >= 0.3 is 87.6 Å². The molecule has 7 heteroatoms. The molecule has 0 aromatic carbocycles. The molecule has 0 heterocycles. The summed E-state index contributed by atoms with van der Waals surface area (Å²) in [6.07, 6.45) is -1.61. The Balaban J connectivity index is -0.00000000785. The summed E-state index contributed by atoms with van der Waals surface area (Å²) < 4.78 is 0. The van der Waals surface area contributed by atoms with Gasteiger partial charge in [-0.25, -0.2) is 4.79 Å². The largest absolute Gasteiger partial charge is 2.00 e. The van der Waals surface area contributed by atoms with Gasteiger partial charge in [0.15, 0.2) is 0 Å². The molecule has 0 aromatic heterocycles. The molecule has 0 aromatic rings. The molecule has 0 atom stereocenters. The molecule has 0 aliphatic carbocycles. The summed E-state index contributed by atoms with van der Waals surface area (Å²) >= 11 is 0. The van der Waals surface area contributed by atoms with Crippen molar-refractivity contribution in [1.29, 1.82) is 0 Å². The number of rotatable bonds is 1. The average molecular weight is 220 g/mol. The quantitative estimate of drug-likeness (QED) is 0.556. The van der Waals surface area contributed by atoms with Gasteiger partial charge in [-0.2, -0.15) is 0 Å². The Labute approximate surface area is 130 Å². The minimum absolute atomic E-state index is 0. The summed E-state index contributed by atoms with van der Waals surface area (Å²) in [5.74, 6) is -0.745. The van der Waals surface area contributed by atoms with Crippen LogP contribution in [-0.2, 0) is 4.79 Å². The van der Waals surface area contributed by atoms with E-state index in [9.17, 15) is 4.79 Å². The molecule has 0 unspecified atom stereocenters. The Morgan fingerprint density at radius 2 is 1.27 bits per heavy atom. The SMILES string of the molecule is CCC(=O)O.O=C(O)O.[Ca+2].[Ca+2].[H-].[H-].[H-].[H-]. The molecule has 0 saturated carbocycles. The molecule has 0 aliphatic rings. The molecule has 0 fully saturated rings. The van der Waals surface area contributed by atoms with Gasteiger partial charge in [0.05, 0.1) is 0 Å². The molecule has 11 heavy (non-hydrogen) atoms. The van der Waals surface area contributed by atoms with Gasteiger partial charge < -0.3 is 21.0 Å². The van der Waals surface area contributed by atoms with Gasteiger partial charge in [0, 0.05) is 6.42 Å². The summed E-state index contributed by atoms with van der Waals surface area (Å²) in [6.45, 7) is 1.60. The van der Waals surface area contributed by atoms with E-state index in [1.807, 2.05) is 0 Å². The first kappa shape index (κ1) is 22.8. The molecule has 0 rings (SSSR count). The van der Waals surface area contributed by atoms with Crippen molar-refractivity contribution in [3.05, 3.63) is 0 Å². The van der Waals surface area contributed by atoms with Crippen molar-refractivity contribution in [3.8, 4) is 0 Å². The maximum Gasteiger partial charge on any atom is 2.00 e. The van der Waals surface area contributed by atoms with Crippen molar-refractivity contribution in [2.24, 2.45) is 0 Å². The zero-order valence-electron chi connectivity index (χ0n) is 10.3. The minimum Gasteiger partial charge on any atom is -1.00 e. The van der Waals surface area contributed by atoms with Crippen molar-refractivity contribution in [2.45, 2.75) is 13.3 Å². The third-order valence-corrected chi connectivity index (χ3v) is 0.302. The molecule has 0 spiro atoms. The summed E-state index contributed by atoms with van der Waals surface area (Å²) in [5.41, 5.74) is 0. The number of hydrogen-bond acceptors (Lipinski definition) is 2. The summed E-state index contributed by atoms with van der Waals surface area (Å²) in [6, 6.07) is 0. The van der Waals surface area contributed by atoms with E-state index >= 15 is 0 Å². The van der Waals surface area contributed by atoms with Gasteiger partial charge in [-0.05, 0) is 0 Å². The molecule has 0 amide bonds. The van der Waals surface area contributed by atoms with E-state index in [1.165, 1.54) is 0 Å². The average Bonchev–Trinajstić information content (AvgIpc) is 1.65. The van der Waals surface area contributed by atoms with E-state index in [2.05, 4.69) is 0 Å². The van der Waals surface area contributed by atoms with Crippen LogP contribution < -0.4 is 0 Å². The van der Waals surface area contributed by atoms with Crippen LogP contribution >= 0.6 is 0 Å². The maximum atomic E-state index is 9.37. The third kappa shape index (κ3) is 90.9. The van der Waals surface area contributed by atoms with Gasteiger partial charge in [0.2, 0.25) is 0 Å². The fraction of sp³-hybridized carbons (Fsp3) is 0.500. The van der Waals surface area contributed by atoms with Crippen LogP contribution in [0.3, 0.4) is 0 Å². The zero-order chi connectivity index (χ0) is 7.86. The van der Waals surface area contributed by atoms with Crippen molar-refractivity contribution in [2.75, 3.05) is 0 Å². The summed E-state index contributed by atoms with van der Waals surface area (Å²) in [7, 11) is 0. The Kier molecular flexibility index (Phi) is 36.0. The molecule has 0 bridgehead atoms. The summed E-state index contributed by atoms with van der Waals surface area (Å²) in [5, 5.41) is 21.7. The van der Waals surface area contributed by atoms with E-state index in [-0.39, 0.29) is 87.6 Å². The monoisotopic (exact) mass is 220 g/mol. The molecule has 62 valence electrons. The van der Waals surface area contributed by atoms with Gasteiger partial charge in [-0.1, -0.05) is 6.92 Å². The number of carbonyl (C=O) groups is 2. The van der Waals surface area contributed by atoms with Crippen molar-refractivity contribution < 1.29 is 30.6 Å². The van der Waals surface area contributed by atoms with Crippen LogP contribution in [0.25, 0.3) is 0 Å². The molecule has 5 nitrogen and oxygen atoms in total. The van der Waals surface area contributed by atoms with E-state index in [4.69, 9.17) is 20.1 Å². The Bertz CT molecular complexity index is 113. The van der Waals surface area contributed by atoms with Crippen LogP contribution in [0.1, 0.15) is 19.1 Å². The second-order valence-corrected chi connectivity index (χ2v) is 1.03. The predicted molar refractivity (Wildman–Crippen MR) is 44.5 cm³/mol.